The van der Waals surface area contributed by atoms with Gasteiger partial charge in [-0.2, -0.15) is 6.42 Å². The van der Waals surface area contributed by atoms with Crippen molar-refractivity contribution in [3.63, 3.8) is 0 Å². The maximum absolute atomic E-state index is 13.0. The van der Waals surface area contributed by atoms with E-state index < -0.39 is 37.8 Å². The Morgan fingerprint density at radius 2 is 1.49 bits per heavy atom. The van der Waals surface area contributed by atoms with Gasteiger partial charge < -0.3 is 15.8 Å². The number of hydrogen-bond acceptors (Lipinski definition) is 6. The average Bonchev–Trinajstić information content (AvgIpc) is 3.67. The Kier molecular flexibility index (Phi) is 33.9. The van der Waals surface area contributed by atoms with Gasteiger partial charge in [0, 0.05) is 20.1 Å². The fraction of sp³-hybridized carbons (Fsp3) is 0.125. The minimum Gasteiger partial charge on any atom is -0.452 e. The molecule has 2 aromatic carbocycles. The number of rotatable bonds is 4. The van der Waals surface area contributed by atoms with Gasteiger partial charge in [-0.1, -0.05) is 45.2 Å². The number of unbranched alkanes of at least 4 members (excludes halogenated alkanes) is 1. The summed E-state index contributed by atoms with van der Waals surface area (Å²) in [5, 5.41) is -0.662. The van der Waals surface area contributed by atoms with Gasteiger partial charge in [0.25, 0.3) is 11.1 Å². The zero-order valence-corrected chi connectivity index (χ0v) is 33.0. The number of hydrogen-bond donors (Lipinski definition) is 0. The van der Waals surface area contributed by atoms with Gasteiger partial charge in [0.1, 0.15) is 24.2 Å². The van der Waals surface area contributed by atoms with Gasteiger partial charge >= 0.3 is 86.5 Å². The van der Waals surface area contributed by atoms with Gasteiger partial charge in [-0.05, 0) is 48.0 Å². The van der Waals surface area contributed by atoms with Crippen LogP contribution in [0, 0.1) is 18.6 Å². The van der Waals surface area contributed by atoms with Crippen molar-refractivity contribution in [1.29, 1.82) is 0 Å². The monoisotopic (exact) mass is 962 g/mol. The fourth-order valence-electron chi connectivity index (χ4n) is 1.99. The third-order valence-electron chi connectivity index (χ3n) is 3.54. The molecule has 41 heavy (non-hydrogen) atoms. The van der Waals surface area contributed by atoms with E-state index >= 15 is 0 Å². The van der Waals surface area contributed by atoms with Crippen molar-refractivity contribution in [2.24, 2.45) is 0 Å². The molecule has 4 aromatic rings. The first-order valence-corrected chi connectivity index (χ1v) is 23.3. The first-order valence-electron chi connectivity index (χ1n) is 10.5. The topological polar surface area (TPSA) is 86.2 Å². The first kappa shape index (κ1) is 45.8. The van der Waals surface area contributed by atoms with E-state index in [4.69, 9.17) is 35.4 Å². The van der Waals surface area contributed by atoms with E-state index in [1.807, 2.05) is 0 Å². The third-order valence-corrected chi connectivity index (χ3v) is 4.68. The fourth-order valence-corrected chi connectivity index (χ4v) is 3.03. The van der Waals surface area contributed by atoms with E-state index in [-0.39, 0.29) is 35.9 Å². The molecule has 220 valence electrons. The number of carbonyl (C=O) groups excluding carboxylic acids is 2. The Labute approximate surface area is 306 Å². The van der Waals surface area contributed by atoms with Crippen molar-refractivity contribution in [2.75, 3.05) is 0 Å². The summed E-state index contributed by atoms with van der Waals surface area (Å²) in [5.74, 6) is -1.46. The maximum Gasteiger partial charge on any atom is 1.00 e. The van der Waals surface area contributed by atoms with Crippen molar-refractivity contribution in [3.8, 4) is 0 Å². The third kappa shape index (κ3) is 24.4. The molecule has 0 amide bonds. The molecular weight excluding hydrogens is 947 g/mol. The second-order valence-corrected chi connectivity index (χ2v) is 13.2. The normalized spacial score (nSPS) is 8.49. The van der Waals surface area contributed by atoms with Gasteiger partial charge in [0.2, 0.25) is 5.78 Å². The van der Waals surface area contributed by atoms with E-state index in [1.165, 1.54) is 55.8 Å². The van der Waals surface area contributed by atoms with Gasteiger partial charge in [0.15, 0.2) is 6.39 Å². The number of ketones is 1. The van der Waals surface area contributed by atoms with Crippen LogP contribution in [0.2, 0.25) is 0 Å². The second-order valence-electron chi connectivity index (χ2n) is 6.39. The number of aromatic nitrogens is 2. The Bertz CT molecular complexity index is 1170. The molecule has 0 spiro atoms. The van der Waals surface area contributed by atoms with Crippen LogP contribution in [0.5, 0.6) is 0 Å². The number of carbonyl (C=O) groups is 2. The molecule has 0 bridgehead atoms. The molecule has 0 unspecified atom stereocenters. The van der Waals surface area contributed by atoms with Crippen LogP contribution in [-0.2, 0) is 27.9 Å². The Balaban J connectivity index is -0.000000487. The van der Waals surface area contributed by atoms with E-state index in [0.29, 0.717) is 8.95 Å². The van der Waals surface area contributed by atoms with Gasteiger partial charge in [-0.3, -0.25) is 9.59 Å². The van der Waals surface area contributed by atoms with E-state index in [2.05, 4.69) is 72.9 Å². The smallest absolute Gasteiger partial charge is 0.452 e. The summed E-state index contributed by atoms with van der Waals surface area (Å²) in [6.45, 7) is 5.72. The van der Waals surface area contributed by atoms with Gasteiger partial charge in [-0.15, -0.1) is 0 Å². The molecule has 2 aromatic heterocycles. The maximum atomic E-state index is 13.0. The number of nitrogens with zero attached hydrogens (tertiary/aromatic N) is 2. The number of oxazole rings is 2. The number of halogens is 8. The molecule has 0 atom stereocenters. The Morgan fingerprint density at radius 1 is 1.00 bits per heavy atom. The molecule has 0 fully saturated rings. The Hall–Kier alpha value is 0.360. The predicted octanol–water partition coefficient (Wildman–Crippen LogP) is 7.33. The van der Waals surface area contributed by atoms with Crippen molar-refractivity contribution >= 4 is 94.2 Å². The number of benzene rings is 2. The molecule has 2 heterocycles. The van der Waals surface area contributed by atoms with Crippen molar-refractivity contribution in [1.82, 2.24) is 9.97 Å². The van der Waals surface area contributed by atoms with Crippen molar-refractivity contribution < 1.29 is 74.0 Å². The van der Waals surface area contributed by atoms with Crippen LogP contribution in [-0.4, -0.2) is 21.0 Å². The van der Waals surface area contributed by atoms with Crippen LogP contribution >= 0.6 is 83.2 Å². The van der Waals surface area contributed by atoms with Crippen LogP contribution in [0.4, 0.5) is 8.78 Å². The largest absolute Gasteiger partial charge is 1.00 e. The molecule has 0 aliphatic carbocycles. The summed E-state index contributed by atoms with van der Waals surface area (Å²) in [5.41, 5.74) is 0.350. The molecule has 0 radical (unpaired) electrons. The first-order chi connectivity index (χ1) is 19.1. The molecule has 17 heteroatoms. The van der Waals surface area contributed by atoms with Crippen LogP contribution in [0.15, 0.2) is 85.5 Å². The summed E-state index contributed by atoms with van der Waals surface area (Å²) in [6, 6.07) is 7.71. The molecule has 0 aliphatic heterocycles. The summed E-state index contributed by atoms with van der Waals surface area (Å²) in [6.07, 6.45) is 9.41. The summed E-state index contributed by atoms with van der Waals surface area (Å²) >= 11 is 16.2. The zero-order chi connectivity index (χ0) is 30.9. The van der Waals surface area contributed by atoms with Gasteiger partial charge in [-0.25, -0.2) is 18.7 Å². The van der Waals surface area contributed by atoms with Crippen LogP contribution in [0.3, 0.4) is 0 Å². The van der Waals surface area contributed by atoms with E-state index in [9.17, 15) is 18.4 Å². The minimum absolute atomic E-state index is 0. The quantitative estimate of drug-likeness (QED) is 0.0701. The molecule has 6 nitrogen and oxygen atoms in total. The van der Waals surface area contributed by atoms with Crippen molar-refractivity contribution in [2.45, 2.75) is 19.8 Å². The standard InChI is InChI=1S/C10H5BrFNO2.C7H3BrClFO.C4H9.C3H3NO.2ClH.Cu.HI.Li.Zn/c11-7-3-6(4-8(12)5-7)9(14)10-13-1-2-15-10;8-5-1-4(7(9)11)2-6(10)3-5;1-3-4-2;1-2-5-3-4-1;;;;;;/h1-5H;1-3H;1,3-4H2,2H3;1-3H;2*1H;;1H;;/q;;-1;;;;+1;;+1;+2/p-3. The van der Waals surface area contributed by atoms with Gasteiger partial charge in [0.05, 0.1) is 12.4 Å². The molecule has 0 saturated heterocycles. The average molecular weight is 967 g/mol. The van der Waals surface area contributed by atoms with Crippen LogP contribution in [0.25, 0.3) is 0 Å². The molecule has 0 aliphatic rings. The SMILES string of the molecule is O=C(Cl)c1cc(F)cc(Br)c1.O=C(c1cc(F)cc(Br)c1)c1ncco1.[CH2-]CCC.[Cl][Zn][Cl].[Cu][I].[Li+].c1cocn1. The second kappa shape index (κ2) is 30.4. The molecule has 4 rings (SSSR count). The van der Waals surface area contributed by atoms with Crippen LogP contribution < -0.4 is 18.9 Å². The zero-order valence-electron chi connectivity index (χ0n) is 21.5. The summed E-state index contributed by atoms with van der Waals surface area (Å²) < 4.78 is 35.8. The van der Waals surface area contributed by atoms with Crippen LogP contribution in [0.1, 0.15) is 46.4 Å². The Morgan fingerprint density at radius 3 is 1.80 bits per heavy atom. The summed E-state index contributed by atoms with van der Waals surface area (Å²) in [4.78, 5) is 29.4. The van der Waals surface area contributed by atoms with E-state index in [1.54, 1.807) is 26.5 Å². The van der Waals surface area contributed by atoms with Crippen molar-refractivity contribution in [3.05, 3.63) is 112 Å². The molecular formula is C24H20Br2Cl3CuF2ILiN2O4Zn. The summed E-state index contributed by atoms with van der Waals surface area (Å²) in [7, 11) is 9.90. The minimum atomic E-state index is -0.931. The molecule has 0 saturated carbocycles. The molecule has 0 N–H and O–H groups in total. The van der Waals surface area contributed by atoms with E-state index in [0.717, 1.165) is 18.6 Å². The predicted molar refractivity (Wildman–Crippen MR) is 161 cm³/mol.